The number of allylic oxidation sites excluding steroid dienone is 2. The van der Waals surface area contributed by atoms with E-state index in [2.05, 4.69) is 17.5 Å². The number of ether oxygens (including phenoxy) is 1. The van der Waals surface area contributed by atoms with Crippen molar-refractivity contribution in [2.75, 3.05) is 12.4 Å². The van der Waals surface area contributed by atoms with Crippen LogP contribution in [0.4, 0.5) is 11.4 Å². The molecule has 0 aromatic heterocycles. The van der Waals surface area contributed by atoms with Gasteiger partial charge < -0.3 is 10.1 Å². The van der Waals surface area contributed by atoms with Crippen LogP contribution in [0.25, 0.3) is 0 Å². The number of non-ortho nitro benzene ring substituents is 1. The van der Waals surface area contributed by atoms with Gasteiger partial charge in [0.15, 0.2) is 0 Å². The fourth-order valence-corrected chi connectivity index (χ4v) is 4.22. The number of hydrogen-bond donors (Lipinski definition) is 1. The van der Waals surface area contributed by atoms with Crippen LogP contribution in [0.3, 0.4) is 0 Å². The number of fused-ring (bicyclic) bond motifs is 3. The monoisotopic (exact) mass is 356 g/mol. The first-order valence-electron chi connectivity index (χ1n) is 8.14. The third-order valence-electron chi connectivity index (χ3n) is 5.11. The lowest BCUT2D eigenvalue weighted by atomic mass is 9.77. The first-order chi connectivity index (χ1) is 12.1. The second kappa shape index (κ2) is 6.08. The van der Waals surface area contributed by atoms with E-state index in [-0.39, 0.29) is 22.6 Å². The summed E-state index contributed by atoms with van der Waals surface area (Å²) in [6.07, 6.45) is 5.32. The highest BCUT2D eigenvalue weighted by atomic mass is 35.5. The molecule has 128 valence electrons. The predicted octanol–water partition coefficient (Wildman–Crippen LogP) is 5.08. The summed E-state index contributed by atoms with van der Waals surface area (Å²) >= 11 is 6.48. The van der Waals surface area contributed by atoms with Crippen LogP contribution in [0.1, 0.15) is 29.5 Å². The van der Waals surface area contributed by atoms with Crippen molar-refractivity contribution >= 4 is 23.0 Å². The molecular formula is C19H17ClN2O3. The van der Waals surface area contributed by atoms with Crippen molar-refractivity contribution in [3.8, 4) is 5.75 Å². The molecule has 2 aliphatic rings. The van der Waals surface area contributed by atoms with Gasteiger partial charge in [0, 0.05) is 28.6 Å². The largest absolute Gasteiger partial charge is 0.495 e. The maximum Gasteiger partial charge on any atom is 0.269 e. The summed E-state index contributed by atoms with van der Waals surface area (Å²) in [5, 5.41) is 15.2. The van der Waals surface area contributed by atoms with Crippen LogP contribution in [-0.4, -0.2) is 12.0 Å². The summed E-state index contributed by atoms with van der Waals surface area (Å²) in [7, 11) is 1.64. The maximum absolute atomic E-state index is 10.9. The zero-order valence-electron chi connectivity index (χ0n) is 13.6. The Kier molecular flexibility index (Phi) is 3.88. The number of halogens is 1. The summed E-state index contributed by atoms with van der Waals surface area (Å²) in [6.45, 7) is 0. The fourth-order valence-electron chi connectivity index (χ4n) is 3.94. The zero-order valence-corrected chi connectivity index (χ0v) is 14.4. The van der Waals surface area contributed by atoms with Crippen molar-refractivity contribution < 1.29 is 9.66 Å². The van der Waals surface area contributed by atoms with E-state index in [1.165, 1.54) is 0 Å². The zero-order chi connectivity index (χ0) is 17.6. The maximum atomic E-state index is 10.9. The van der Waals surface area contributed by atoms with Gasteiger partial charge >= 0.3 is 0 Å². The van der Waals surface area contributed by atoms with Gasteiger partial charge in [0.05, 0.1) is 23.8 Å². The molecule has 1 aliphatic heterocycles. The Morgan fingerprint density at radius 2 is 2.00 bits per heavy atom. The number of nitrogens with zero attached hydrogens (tertiary/aromatic N) is 1. The van der Waals surface area contributed by atoms with Gasteiger partial charge in [-0.1, -0.05) is 35.9 Å². The van der Waals surface area contributed by atoms with Gasteiger partial charge in [0.25, 0.3) is 5.69 Å². The summed E-state index contributed by atoms with van der Waals surface area (Å²) < 4.78 is 5.52. The topological polar surface area (TPSA) is 64.4 Å². The van der Waals surface area contributed by atoms with Crippen molar-refractivity contribution in [3.05, 3.63) is 74.8 Å². The van der Waals surface area contributed by atoms with Gasteiger partial charge in [-0.15, -0.1) is 0 Å². The van der Waals surface area contributed by atoms with Crippen LogP contribution in [0.15, 0.2) is 48.6 Å². The number of nitro benzene ring substituents is 1. The van der Waals surface area contributed by atoms with Crippen molar-refractivity contribution in [1.82, 2.24) is 0 Å². The van der Waals surface area contributed by atoms with Crippen molar-refractivity contribution in [1.29, 1.82) is 0 Å². The fraction of sp³-hybridized carbons (Fsp3) is 0.263. The van der Waals surface area contributed by atoms with Crippen LogP contribution in [0.2, 0.25) is 5.02 Å². The molecule has 25 heavy (non-hydrogen) atoms. The third kappa shape index (κ3) is 2.55. The first-order valence-corrected chi connectivity index (χ1v) is 8.52. The number of nitrogens with one attached hydrogen (secondary N) is 1. The van der Waals surface area contributed by atoms with Gasteiger partial charge in [-0.3, -0.25) is 10.1 Å². The molecule has 1 N–H and O–H groups in total. The highest BCUT2D eigenvalue weighted by molar-refractivity contribution is 6.32. The van der Waals surface area contributed by atoms with Crippen molar-refractivity contribution in [3.63, 3.8) is 0 Å². The van der Waals surface area contributed by atoms with E-state index in [0.717, 1.165) is 34.0 Å². The Morgan fingerprint density at radius 3 is 2.68 bits per heavy atom. The van der Waals surface area contributed by atoms with E-state index in [0.29, 0.717) is 5.92 Å². The van der Waals surface area contributed by atoms with Crippen LogP contribution >= 0.6 is 11.6 Å². The quantitative estimate of drug-likeness (QED) is 0.473. The first kappa shape index (κ1) is 16.0. The second-order valence-corrected chi connectivity index (χ2v) is 6.77. The SMILES string of the molecule is COc1ccc(Cl)c2c1NC(c1ccc([N+](=O)[O-])cc1)C1CC=CC21. The number of benzene rings is 2. The highest BCUT2D eigenvalue weighted by Crippen LogP contribution is 2.54. The Hall–Kier alpha value is -2.53. The van der Waals surface area contributed by atoms with Crippen molar-refractivity contribution in [2.24, 2.45) is 5.92 Å². The minimum absolute atomic E-state index is 0.0423. The number of anilines is 1. The summed E-state index contributed by atoms with van der Waals surface area (Å²) in [5.74, 6) is 1.28. The molecule has 1 heterocycles. The van der Waals surface area contributed by atoms with Gasteiger partial charge in [-0.05, 0) is 30.0 Å². The molecule has 3 unspecified atom stereocenters. The number of rotatable bonds is 3. The Balaban J connectivity index is 1.79. The predicted molar refractivity (Wildman–Crippen MR) is 97.5 cm³/mol. The summed E-state index contributed by atoms with van der Waals surface area (Å²) in [6, 6.07) is 10.5. The normalized spacial score (nSPS) is 23.5. The minimum atomic E-state index is -0.379. The molecular weight excluding hydrogens is 340 g/mol. The molecule has 0 saturated heterocycles. The molecule has 0 amide bonds. The van der Waals surface area contributed by atoms with Gasteiger partial charge in [0.2, 0.25) is 0 Å². The van der Waals surface area contributed by atoms with E-state index in [1.54, 1.807) is 19.2 Å². The number of nitro groups is 1. The summed E-state index contributed by atoms with van der Waals surface area (Å²) in [4.78, 5) is 10.5. The standard InChI is InChI=1S/C19H17ClN2O3/c1-25-16-10-9-15(20)17-13-3-2-4-14(13)18(21-19(16)17)11-5-7-12(8-6-11)22(23)24/h2-3,5-10,13-14,18,21H,4H2,1H3. The van der Waals surface area contributed by atoms with Gasteiger partial charge in [0.1, 0.15) is 5.75 Å². The lowest BCUT2D eigenvalue weighted by Gasteiger charge is -2.38. The van der Waals surface area contributed by atoms with Crippen LogP contribution in [0.5, 0.6) is 5.75 Å². The van der Waals surface area contributed by atoms with E-state index < -0.39 is 0 Å². The molecule has 3 atom stereocenters. The molecule has 0 radical (unpaired) electrons. The summed E-state index contributed by atoms with van der Waals surface area (Å²) in [5.41, 5.74) is 3.10. The van der Waals surface area contributed by atoms with Crippen LogP contribution in [-0.2, 0) is 0 Å². The van der Waals surface area contributed by atoms with E-state index in [1.807, 2.05) is 24.3 Å². The average Bonchev–Trinajstić information content (AvgIpc) is 3.11. The molecule has 0 fully saturated rings. The molecule has 1 aliphatic carbocycles. The Labute approximate surface area is 150 Å². The van der Waals surface area contributed by atoms with Gasteiger partial charge in [-0.25, -0.2) is 0 Å². The van der Waals surface area contributed by atoms with Crippen LogP contribution in [0, 0.1) is 16.0 Å². The third-order valence-corrected chi connectivity index (χ3v) is 5.44. The molecule has 5 nitrogen and oxygen atoms in total. The van der Waals surface area contributed by atoms with E-state index >= 15 is 0 Å². The molecule has 0 bridgehead atoms. The van der Waals surface area contributed by atoms with E-state index in [9.17, 15) is 10.1 Å². The lowest BCUT2D eigenvalue weighted by molar-refractivity contribution is -0.384. The Morgan fingerprint density at radius 1 is 1.24 bits per heavy atom. The van der Waals surface area contributed by atoms with E-state index in [4.69, 9.17) is 16.3 Å². The number of hydrogen-bond acceptors (Lipinski definition) is 4. The number of methoxy groups -OCH3 is 1. The van der Waals surface area contributed by atoms with Crippen molar-refractivity contribution in [2.45, 2.75) is 18.4 Å². The smallest absolute Gasteiger partial charge is 0.269 e. The lowest BCUT2D eigenvalue weighted by Crippen LogP contribution is -2.29. The molecule has 6 heteroatoms. The molecule has 2 aromatic carbocycles. The highest BCUT2D eigenvalue weighted by Gasteiger charge is 2.40. The van der Waals surface area contributed by atoms with Gasteiger partial charge in [-0.2, -0.15) is 0 Å². The molecule has 4 rings (SSSR count). The minimum Gasteiger partial charge on any atom is -0.495 e. The van der Waals surface area contributed by atoms with Crippen LogP contribution < -0.4 is 10.1 Å². The Bertz CT molecular complexity index is 864. The average molecular weight is 357 g/mol. The molecule has 2 aromatic rings. The second-order valence-electron chi connectivity index (χ2n) is 6.36. The molecule has 0 saturated carbocycles. The molecule has 0 spiro atoms.